The Bertz CT molecular complexity index is 733. The molecule has 9 heteroatoms. The van der Waals surface area contributed by atoms with Gasteiger partial charge in [-0.1, -0.05) is 12.2 Å². The van der Waals surface area contributed by atoms with E-state index in [0.717, 1.165) is 58.0 Å². The zero-order valence-electron chi connectivity index (χ0n) is 20.8. The van der Waals surface area contributed by atoms with E-state index < -0.39 is 23.7 Å². The van der Waals surface area contributed by atoms with Crippen LogP contribution < -0.4 is 5.32 Å². The number of nitrogens with one attached hydrogen (secondary N) is 1. The highest BCUT2D eigenvalue weighted by Gasteiger charge is 2.36. The molecule has 2 fully saturated rings. The summed E-state index contributed by atoms with van der Waals surface area (Å²) in [5, 5.41) is 11.8. The summed E-state index contributed by atoms with van der Waals surface area (Å²) in [6.07, 6.45) is 9.90. The van der Waals surface area contributed by atoms with Crippen molar-refractivity contribution in [1.29, 1.82) is 0 Å². The van der Waals surface area contributed by atoms with Crippen molar-refractivity contribution in [1.82, 2.24) is 15.1 Å². The monoisotopic (exact) mass is 479 g/mol. The van der Waals surface area contributed by atoms with E-state index in [1.807, 2.05) is 30.6 Å². The Hall–Kier alpha value is -2.13. The van der Waals surface area contributed by atoms with Gasteiger partial charge in [-0.2, -0.15) is 0 Å². The Morgan fingerprint density at radius 2 is 1.65 bits per heavy atom. The van der Waals surface area contributed by atoms with Crippen molar-refractivity contribution >= 4 is 18.0 Å². The van der Waals surface area contributed by atoms with E-state index in [1.54, 1.807) is 0 Å². The largest absolute Gasteiger partial charge is 0.480 e. The first kappa shape index (κ1) is 26.5. The number of hydrogen-bond acceptors (Lipinski definition) is 6. The predicted octanol–water partition coefficient (Wildman–Crippen LogP) is 2.79. The van der Waals surface area contributed by atoms with Crippen molar-refractivity contribution in [2.24, 2.45) is 5.92 Å². The Morgan fingerprint density at radius 1 is 1.03 bits per heavy atom. The quantitative estimate of drug-likeness (QED) is 0.541. The fourth-order valence-corrected chi connectivity index (χ4v) is 4.98. The van der Waals surface area contributed by atoms with Gasteiger partial charge in [-0.25, -0.2) is 4.79 Å². The number of rotatable bonds is 7. The van der Waals surface area contributed by atoms with Crippen LogP contribution in [0.5, 0.6) is 0 Å². The van der Waals surface area contributed by atoms with Gasteiger partial charge in [-0.15, -0.1) is 0 Å². The summed E-state index contributed by atoms with van der Waals surface area (Å²) in [7, 11) is 0. The lowest BCUT2D eigenvalue weighted by atomic mass is 9.88. The number of carbonyl (C=O) groups excluding carboxylic acids is 2. The Balaban J connectivity index is 1.50. The molecule has 9 nitrogen and oxygen atoms in total. The first-order valence-electron chi connectivity index (χ1n) is 12.7. The molecule has 0 aromatic heterocycles. The number of carboxylic acids is 1. The third-order valence-electron chi connectivity index (χ3n) is 6.69. The predicted molar refractivity (Wildman–Crippen MR) is 127 cm³/mol. The van der Waals surface area contributed by atoms with Crippen LogP contribution in [0.2, 0.25) is 0 Å². The number of allylic oxidation sites excluding steroid dienone is 1. The second-order valence-electron chi connectivity index (χ2n) is 10.7. The highest BCUT2D eigenvalue weighted by atomic mass is 16.6. The smallest absolute Gasteiger partial charge is 0.408 e. The molecule has 3 aliphatic rings. The van der Waals surface area contributed by atoms with E-state index in [2.05, 4.69) is 17.5 Å². The first-order valence-corrected chi connectivity index (χ1v) is 12.7. The number of hydrogen-bond donors (Lipinski definition) is 2. The number of piperidine rings is 2. The summed E-state index contributed by atoms with van der Waals surface area (Å²) in [4.78, 5) is 40.6. The molecule has 3 rings (SSSR count). The number of nitrogens with zero attached hydrogens (tertiary/aromatic N) is 2. The van der Waals surface area contributed by atoms with Gasteiger partial charge in [0, 0.05) is 32.1 Å². The van der Waals surface area contributed by atoms with E-state index in [0.29, 0.717) is 13.1 Å². The van der Waals surface area contributed by atoms with Crippen LogP contribution in [0.15, 0.2) is 12.2 Å². The van der Waals surface area contributed by atoms with E-state index in [-0.39, 0.29) is 30.6 Å². The molecule has 2 heterocycles. The number of aliphatic carboxylic acids is 1. The molecule has 0 aromatic carbocycles. The van der Waals surface area contributed by atoms with Crippen LogP contribution in [-0.4, -0.2) is 89.5 Å². The molecule has 0 aromatic rings. The molecule has 192 valence electrons. The molecule has 2 N–H and O–H groups in total. The standard InChI is InChI=1S/C25H41N3O6/c1-25(2,3)34-24(32)26-22(18-7-5-4-6-8-18)23(31)28-15-11-20(12-16-28)33-19-9-13-27(14-10-19)17-21(29)30/h5,7,18-20,22H,4,6,8-17H2,1-3H3,(H,26,32)(H,29,30)/t18?,22-/m1/s1. The molecular formula is C25H41N3O6. The molecule has 2 saturated heterocycles. The molecular weight excluding hydrogens is 438 g/mol. The molecule has 1 aliphatic carbocycles. The van der Waals surface area contributed by atoms with E-state index in [1.165, 1.54) is 0 Å². The fourth-order valence-electron chi connectivity index (χ4n) is 4.98. The number of carbonyl (C=O) groups is 3. The minimum Gasteiger partial charge on any atom is -0.480 e. The fraction of sp³-hybridized carbons (Fsp3) is 0.800. The van der Waals surface area contributed by atoms with Gasteiger partial charge in [-0.05, 0) is 65.7 Å². The third kappa shape index (κ3) is 8.27. The second kappa shape index (κ2) is 12.0. The maximum absolute atomic E-state index is 13.4. The van der Waals surface area contributed by atoms with Crippen molar-refractivity contribution in [2.75, 3.05) is 32.7 Å². The van der Waals surface area contributed by atoms with Crippen LogP contribution in [0, 0.1) is 5.92 Å². The summed E-state index contributed by atoms with van der Waals surface area (Å²) in [6, 6.07) is -0.623. The number of alkyl carbamates (subject to hydrolysis) is 1. The summed E-state index contributed by atoms with van der Waals surface area (Å²) in [6.45, 7) is 8.19. The maximum Gasteiger partial charge on any atom is 0.408 e. The SMILES string of the molecule is CC(C)(C)OC(=O)N[C@@H](C(=O)N1CCC(OC2CCN(CC(=O)O)CC2)CC1)C1C=CCCC1. The van der Waals surface area contributed by atoms with Gasteiger partial charge in [-0.3, -0.25) is 14.5 Å². The van der Waals surface area contributed by atoms with Crippen molar-refractivity contribution in [2.45, 2.75) is 89.6 Å². The average Bonchev–Trinajstić information content (AvgIpc) is 2.78. The molecule has 0 bridgehead atoms. The molecule has 0 saturated carbocycles. The maximum atomic E-state index is 13.4. The summed E-state index contributed by atoms with van der Waals surface area (Å²) < 4.78 is 11.7. The van der Waals surface area contributed by atoms with Crippen LogP contribution in [-0.2, 0) is 19.1 Å². The lowest BCUT2D eigenvalue weighted by Gasteiger charge is -2.38. The van der Waals surface area contributed by atoms with Gasteiger partial charge in [0.05, 0.1) is 18.8 Å². The molecule has 1 unspecified atom stereocenters. The first-order chi connectivity index (χ1) is 16.1. The summed E-state index contributed by atoms with van der Waals surface area (Å²) >= 11 is 0. The van der Waals surface area contributed by atoms with Crippen LogP contribution in [0.3, 0.4) is 0 Å². The summed E-state index contributed by atoms with van der Waals surface area (Å²) in [5.41, 5.74) is -0.625. The van der Waals surface area contributed by atoms with Gasteiger partial charge < -0.3 is 24.8 Å². The summed E-state index contributed by atoms with van der Waals surface area (Å²) in [5.74, 6) is -0.874. The van der Waals surface area contributed by atoms with E-state index in [9.17, 15) is 14.4 Å². The number of carboxylic acid groups (broad SMARTS) is 1. The second-order valence-corrected chi connectivity index (χ2v) is 10.7. The number of amides is 2. The normalized spacial score (nSPS) is 24.0. The van der Waals surface area contributed by atoms with Gasteiger partial charge >= 0.3 is 12.1 Å². The van der Waals surface area contributed by atoms with Gasteiger partial charge in [0.1, 0.15) is 11.6 Å². The lowest BCUT2D eigenvalue weighted by molar-refractivity contribution is -0.141. The minimum atomic E-state index is -0.792. The highest BCUT2D eigenvalue weighted by molar-refractivity contribution is 5.86. The molecule has 0 radical (unpaired) electrons. The number of likely N-dealkylation sites (tertiary alicyclic amines) is 2. The molecule has 2 atom stereocenters. The van der Waals surface area contributed by atoms with Crippen LogP contribution in [0.25, 0.3) is 0 Å². The van der Waals surface area contributed by atoms with Crippen molar-refractivity contribution < 1.29 is 29.0 Å². The van der Waals surface area contributed by atoms with Crippen molar-refractivity contribution in [3.63, 3.8) is 0 Å². The van der Waals surface area contributed by atoms with E-state index in [4.69, 9.17) is 14.6 Å². The Morgan fingerprint density at radius 3 is 2.18 bits per heavy atom. The highest BCUT2D eigenvalue weighted by Crippen LogP contribution is 2.25. The zero-order chi connectivity index (χ0) is 24.7. The van der Waals surface area contributed by atoms with Gasteiger partial charge in [0.25, 0.3) is 0 Å². The Labute approximate surface area is 202 Å². The van der Waals surface area contributed by atoms with Crippen molar-refractivity contribution in [3.8, 4) is 0 Å². The molecule has 2 amide bonds. The Kier molecular flexibility index (Phi) is 9.36. The minimum absolute atomic E-state index is 0.0290. The van der Waals surface area contributed by atoms with Crippen LogP contribution >= 0.6 is 0 Å². The van der Waals surface area contributed by atoms with Crippen LogP contribution in [0.1, 0.15) is 65.7 Å². The third-order valence-corrected chi connectivity index (χ3v) is 6.69. The van der Waals surface area contributed by atoms with Crippen LogP contribution in [0.4, 0.5) is 4.79 Å². The van der Waals surface area contributed by atoms with Gasteiger partial charge in [0.15, 0.2) is 0 Å². The topological polar surface area (TPSA) is 108 Å². The molecule has 34 heavy (non-hydrogen) atoms. The molecule has 0 spiro atoms. The van der Waals surface area contributed by atoms with E-state index >= 15 is 0 Å². The van der Waals surface area contributed by atoms with Crippen molar-refractivity contribution in [3.05, 3.63) is 12.2 Å². The number of ether oxygens (including phenoxy) is 2. The average molecular weight is 480 g/mol. The van der Waals surface area contributed by atoms with Gasteiger partial charge in [0.2, 0.25) is 5.91 Å². The zero-order valence-corrected chi connectivity index (χ0v) is 20.8. The molecule has 2 aliphatic heterocycles. The lowest BCUT2D eigenvalue weighted by Crippen LogP contribution is -2.55.